The largest absolute Gasteiger partial charge is 0.496 e. The van der Waals surface area contributed by atoms with Crippen molar-refractivity contribution in [2.75, 3.05) is 14.2 Å². The van der Waals surface area contributed by atoms with Crippen LogP contribution in [-0.2, 0) is 9.53 Å². The molecule has 1 spiro atoms. The van der Waals surface area contributed by atoms with E-state index in [1.54, 1.807) is 19.1 Å². The average Bonchev–Trinajstić information content (AvgIpc) is 3.36. The Morgan fingerprint density at radius 2 is 1.70 bits per heavy atom. The molecule has 0 saturated carbocycles. The molecular formula is C24H19Cl3O6. The first-order chi connectivity index (χ1) is 15.7. The van der Waals surface area contributed by atoms with Crippen LogP contribution in [0.5, 0.6) is 17.2 Å². The molecule has 3 aliphatic rings. The Balaban J connectivity index is 1.53. The lowest BCUT2D eigenvalue weighted by Crippen LogP contribution is -2.56. The lowest BCUT2D eigenvalue weighted by molar-refractivity contribution is -0.130. The van der Waals surface area contributed by atoms with E-state index in [-0.39, 0.29) is 27.8 Å². The van der Waals surface area contributed by atoms with Crippen molar-refractivity contribution in [2.45, 2.75) is 31.5 Å². The maximum absolute atomic E-state index is 13.8. The highest BCUT2D eigenvalue weighted by atomic mass is 35.5. The van der Waals surface area contributed by atoms with Crippen LogP contribution in [0.25, 0.3) is 0 Å². The minimum Gasteiger partial charge on any atom is -0.496 e. The van der Waals surface area contributed by atoms with Crippen LogP contribution in [0.1, 0.15) is 41.8 Å². The van der Waals surface area contributed by atoms with Crippen molar-refractivity contribution in [2.24, 2.45) is 5.92 Å². The number of hydrogen-bond donors (Lipinski definition) is 0. The summed E-state index contributed by atoms with van der Waals surface area (Å²) in [5, 5.41) is 0.956. The molecule has 0 fully saturated rings. The molecule has 0 amide bonds. The van der Waals surface area contributed by atoms with Crippen LogP contribution >= 0.6 is 34.8 Å². The molecule has 3 atom stereocenters. The third-order valence-electron chi connectivity index (χ3n) is 6.54. The van der Waals surface area contributed by atoms with Gasteiger partial charge in [0, 0.05) is 30.4 Å². The zero-order chi connectivity index (χ0) is 23.7. The summed E-state index contributed by atoms with van der Waals surface area (Å²) < 4.78 is 23.0. The number of benzene rings is 2. The Kier molecular flexibility index (Phi) is 5.31. The summed E-state index contributed by atoms with van der Waals surface area (Å²) in [6, 6.07) is 6.74. The van der Waals surface area contributed by atoms with Crippen molar-refractivity contribution < 1.29 is 28.5 Å². The number of carbonyl (C=O) groups excluding carboxylic acids is 2. The van der Waals surface area contributed by atoms with E-state index < -0.39 is 29.2 Å². The van der Waals surface area contributed by atoms with Gasteiger partial charge in [0.25, 0.3) is 0 Å². The maximum Gasteiger partial charge on any atom is 0.236 e. The normalized spacial score (nSPS) is 25.6. The van der Waals surface area contributed by atoms with Crippen molar-refractivity contribution >= 4 is 46.4 Å². The lowest BCUT2D eigenvalue weighted by Gasteiger charge is -2.35. The van der Waals surface area contributed by atoms with Crippen molar-refractivity contribution in [3.05, 3.63) is 61.8 Å². The van der Waals surface area contributed by atoms with Crippen molar-refractivity contribution in [3.63, 3.8) is 0 Å². The SMILES string of the molecule is COc1cc(OC)c2c(c1Cl)O[C@@]1(C(=O)C3=C(C[C@H]1C)OC(c1ccc(Cl)c(Cl)c1)C3)C2=O. The van der Waals surface area contributed by atoms with Gasteiger partial charge in [0.15, 0.2) is 5.75 Å². The highest BCUT2D eigenvalue weighted by Crippen LogP contribution is 2.56. The number of rotatable bonds is 3. The average molecular weight is 510 g/mol. The van der Waals surface area contributed by atoms with E-state index in [9.17, 15) is 9.59 Å². The van der Waals surface area contributed by atoms with Gasteiger partial charge in [-0.25, -0.2) is 0 Å². The third kappa shape index (κ3) is 3.07. The van der Waals surface area contributed by atoms with E-state index in [2.05, 4.69) is 0 Å². The molecule has 0 aromatic heterocycles. The molecule has 9 heteroatoms. The Bertz CT molecular complexity index is 1250. The number of ether oxygens (including phenoxy) is 4. The summed E-state index contributed by atoms with van der Waals surface area (Å²) in [6.07, 6.45) is 0.241. The molecule has 0 bridgehead atoms. The van der Waals surface area contributed by atoms with Crippen LogP contribution in [0.3, 0.4) is 0 Å². The van der Waals surface area contributed by atoms with Gasteiger partial charge in [0.2, 0.25) is 17.2 Å². The molecule has 1 unspecified atom stereocenters. The summed E-state index contributed by atoms with van der Waals surface area (Å²) in [7, 11) is 2.88. The number of Topliss-reactive ketones (excluding diaryl/α,β-unsaturated/α-hetero) is 2. The quantitative estimate of drug-likeness (QED) is 0.473. The molecule has 2 aromatic carbocycles. The molecule has 0 N–H and O–H groups in total. The second kappa shape index (κ2) is 7.83. The molecule has 6 nitrogen and oxygen atoms in total. The third-order valence-corrected chi connectivity index (χ3v) is 7.64. The number of halogens is 3. The molecular weight excluding hydrogens is 491 g/mol. The van der Waals surface area contributed by atoms with Crippen molar-refractivity contribution in [1.82, 2.24) is 0 Å². The molecule has 2 aliphatic heterocycles. The molecule has 2 aromatic rings. The Labute approximate surface area is 205 Å². The number of allylic oxidation sites excluding steroid dienone is 1. The standard InChI is InChI=1S/C24H19Cl3O6/c1-10-6-16-12(8-15(32-16)11-4-5-13(25)14(26)7-11)22(28)24(10)23(29)19-17(30-2)9-18(31-3)20(27)21(19)33-24/h4-5,7,9-10,15H,6,8H2,1-3H3/t10-,15?,24+/m1/s1. The topological polar surface area (TPSA) is 71.1 Å². The molecule has 5 rings (SSSR count). The van der Waals surface area contributed by atoms with Gasteiger partial charge in [-0.3, -0.25) is 9.59 Å². The van der Waals surface area contributed by atoms with E-state index in [1.807, 2.05) is 6.07 Å². The first-order valence-electron chi connectivity index (χ1n) is 10.3. The number of methoxy groups -OCH3 is 2. The number of ketones is 2. The van der Waals surface area contributed by atoms with Gasteiger partial charge in [-0.05, 0) is 17.7 Å². The minimum absolute atomic E-state index is 0.0991. The smallest absolute Gasteiger partial charge is 0.236 e. The molecule has 2 heterocycles. The summed E-state index contributed by atoms with van der Waals surface area (Å²) in [6.45, 7) is 1.79. The summed E-state index contributed by atoms with van der Waals surface area (Å²) in [4.78, 5) is 27.6. The van der Waals surface area contributed by atoms with Crippen LogP contribution < -0.4 is 14.2 Å². The summed E-state index contributed by atoms with van der Waals surface area (Å²) in [5.41, 5.74) is -0.357. The monoisotopic (exact) mass is 508 g/mol. The summed E-state index contributed by atoms with van der Waals surface area (Å²) >= 11 is 18.7. The number of fused-ring (bicyclic) bond motifs is 1. The second-order valence-electron chi connectivity index (χ2n) is 8.29. The fraction of sp³-hybridized carbons (Fsp3) is 0.333. The van der Waals surface area contributed by atoms with Crippen LogP contribution in [0, 0.1) is 5.92 Å². The van der Waals surface area contributed by atoms with E-state index in [4.69, 9.17) is 53.8 Å². The minimum atomic E-state index is -1.74. The highest BCUT2D eigenvalue weighted by molar-refractivity contribution is 6.42. The van der Waals surface area contributed by atoms with Crippen molar-refractivity contribution in [3.8, 4) is 17.2 Å². The van der Waals surface area contributed by atoms with E-state index in [1.165, 1.54) is 20.3 Å². The van der Waals surface area contributed by atoms with Gasteiger partial charge in [-0.15, -0.1) is 0 Å². The van der Waals surface area contributed by atoms with Gasteiger partial charge >= 0.3 is 0 Å². The predicted molar refractivity (Wildman–Crippen MR) is 123 cm³/mol. The highest BCUT2D eigenvalue weighted by Gasteiger charge is 2.63. The van der Waals surface area contributed by atoms with Crippen LogP contribution in [0.2, 0.25) is 15.1 Å². The van der Waals surface area contributed by atoms with E-state index in [0.29, 0.717) is 34.2 Å². The fourth-order valence-corrected chi connectivity index (χ4v) is 5.39. The number of carbonyl (C=O) groups is 2. The molecule has 172 valence electrons. The van der Waals surface area contributed by atoms with Gasteiger partial charge in [-0.2, -0.15) is 0 Å². The number of hydrogen-bond acceptors (Lipinski definition) is 6. The first kappa shape index (κ1) is 22.4. The van der Waals surface area contributed by atoms with Gasteiger partial charge in [-0.1, -0.05) is 47.8 Å². The zero-order valence-electron chi connectivity index (χ0n) is 18.0. The van der Waals surface area contributed by atoms with E-state index in [0.717, 1.165) is 5.56 Å². The van der Waals surface area contributed by atoms with Gasteiger partial charge in [0.1, 0.15) is 33.9 Å². The van der Waals surface area contributed by atoms with Crippen LogP contribution in [-0.4, -0.2) is 31.4 Å². The fourth-order valence-electron chi connectivity index (χ4n) is 4.82. The molecule has 33 heavy (non-hydrogen) atoms. The first-order valence-corrected chi connectivity index (χ1v) is 11.4. The Hall–Kier alpha value is -2.41. The Morgan fingerprint density at radius 3 is 2.36 bits per heavy atom. The van der Waals surface area contributed by atoms with Gasteiger partial charge < -0.3 is 18.9 Å². The zero-order valence-corrected chi connectivity index (χ0v) is 20.2. The molecule has 0 saturated heterocycles. The van der Waals surface area contributed by atoms with Crippen LogP contribution in [0.4, 0.5) is 0 Å². The predicted octanol–water partition coefficient (Wildman–Crippen LogP) is 6.00. The molecule has 1 aliphatic carbocycles. The maximum atomic E-state index is 13.8. The van der Waals surface area contributed by atoms with Gasteiger partial charge in [0.05, 0.1) is 24.3 Å². The Morgan fingerprint density at radius 1 is 0.970 bits per heavy atom. The lowest BCUT2D eigenvalue weighted by atomic mass is 9.71. The molecule has 0 radical (unpaired) electrons. The summed E-state index contributed by atoms with van der Waals surface area (Å²) in [5.74, 6) is -0.193. The van der Waals surface area contributed by atoms with E-state index >= 15 is 0 Å². The van der Waals surface area contributed by atoms with Crippen molar-refractivity contribution in [1.29, 1.82) is 0 Å². The van der Waals surface area contributed by atoms with Crippen LogP contribution in [0.15, 0.2) is 35.6 Å². The second-order valence-corrected chi connectivity index (χ2v) is 9.48.